The summed E-state index contributed by atoms with van der Waals surface area (Å²) in [5.74, 6) is -0.0885. The molecule has 0 unspecified atom stereocenters. The first-order chi connectivity index (χ1) is 10.0. The zero-order valence-corrected chi connectivity index (χ0v) is 13.1. The summed E-state index contributed by atoms with van der Waals surface area (Å²) in [5, 5.41) is 7.30. The van der Waals surface area contributed by atoms with Crippen LogP contribution in [0.25, 0.3) is 0 Å². The van der Waals surface area contributed by atoms with Crippen LogP contribution < -0.4 is 10.6 Å². The molecule has 0 aliphatic carbocycles. The number of aryl methyl sites for hydroxylation is 1. The molecule has 3 nitrogen and oxygen atoms in total. The minimum absolute atomic E-state index is 0.0885. The topological polar surface area (TPSA) is 41.1 Å². The molecule has 0 heterocycles. The second kappa shape index (κ2) is 7.46. The van der Waals surface area contributed by atoms with Crippen molar-refractivity contribution in [3.8, 4) is 0 Å². The molecule has 0 aliphatic heterocycles. The Morgan fingerprint density at radius 3 is 2.38 bits per heavy atom. The number of hydrogen-bond acceptors (Lipinski definition) is 2. The molecule has 0 saturated carbocycles. The Balaban J connectivity index is 1.81. The SMILES string of the molecule is Cc1cc(Cl)ccc1NC(=O)CNCc1ccc(Cl)cc1. The van der Waals surface area contributed by atoms with E-state index in [0.717, 1.165) is 16.8 Å². The molecule has 5 heteroatoms. The highest BCUT2D eigenvalue weighted by atomic mass is 35.5. The normalized spacial score (nSPS) is 10.4. The van der Waals surface area contributed by atoms with Crippen LogP contribution in [-0.2, 0) is 11.3 Å². The third-order valence-corrected chi connectivity index (χ3v) is 3.48. The number of nitrogens with one attached hydrogen (secondary N) is 2. The summed E-state index contributed by atoms with van der Waals surface area (Å²) in [6.45, 7) is 2.76. The lowest BCUT2D eigenvalue weighted by molar-refractivity contribution is -0.115. The lowest BCUT2D eigenvalue weighted by atomic mass is 10.2. The van der Waals surface area contributed by atoms with Crippen molar-refractivity contribution in [3.05, 3.63) is 63.6 Å². The first kappa shape index (κ1) is 15.8. The molecule has 21 heavy (non-hydrogen) atoms. The Labute approximate surface area is 134 Å². The number of carbonyl (C=O) groups excluding carboxylic acids is 1. The van der Waals surface area contributed by atoms with Gasteiger partial charge in [-0.1, -0.05) is 35.3 Å². The summed E-state index contributed by atoms with van der Waals surface area (Å²) in [6, 6.07) is 12.9. The van der Waals surface area contributed by atoms with E-state index in [2.05, 4.69) is 10.6 Å². The van der Waals surface area contributed by atoms with E-state index >= 15 is 0 Å². The van der Waals surface area contributed by atoms with Gasteiger partial charge in [-0.05, 0) is 48.4 Å². The molecule has 0 atom stereocenters. The summed E-state index contributed by atoms with van der Waals surface area (Å²) < 4.78 is 0. The third kappa shape index (κ3) is 5.05. The highest BCUT2D eigenvalue weighted by molar-refractivity contribution is 6.31. The van der Waals surface area contributed by atoms with Crippen LogP contribution in [0, 0.1) is 6.92 Å². The van der Waals surface area contributed by atoms with E-state index in [9.17, 15) is 4.79 Å². The fraction of sp³-hybridized carbons (Fsp3) is 0.188. The van der Waals surface area contributed by atoms with Gasteiger partial charge in [0, 0.05) is 22.3 Å². The summed E-state index contributed by atoms with van der Waals surface area (Å²) in [4.78, 5) is 11.9. The number of benzene rings is 2. The Morgan fingerprint density at radius 2 is 1.71 bits per heavy atom. The number of halogens is 2. The molecule has 0 spiro atoms. The molecule has 2 aromatic carbocycles. The molecule has 0 saturated heterocycles. The molecule has 0 fully saturated rings. The summed E-state index contributed by atoms with van der Waals surface area (Å²) in [7, 11) is 0. The van der Waals surface area contributed by atoms with Gasteiger partial charge in [0.15, 0.2) is 0 Å². The molecule has 2 aromatic rings. The van der Waals surface area contributed by atoms with Crippen LogP contribution in [0.4, 0.5) is 5.69 Å². The minimum Gasteiger partial charge on any atom is -0.325 e. The van der Waals surface area contributed by atoms with Crippen molar-refractivity contribution in [2.45, 2.75) is 13.5 Å². The number of anilines is 1. The van der Waals surface area contributed by atoms with E-state index in [4.69, 9.17) is 23.2 Å². The maximum absolute atomic E-state index is 11.9. The molecule has 1 amide bonds. The number of hydrogen-bond donors (Lipinski definition) is 2. The van der Waals surface area contributed by atoms with E-state index < -0.39 is 0 Å². The second-order valence-electron chi connectivity index (χ2n) is 4.74. The molecular formula is C16H16Cl2N2O. The maximum atomic E-state index is 11.9. The van der Waals surface area contributed by atoms with Gasteiger partial charge in [-0.3, -0.25) is 4.79 Å². The predicted molar refractivity (Wildman–Crippen MR) is 88.0 cm³/mol. The number of carbonyl (C=O) groups is 1. The van der Waals surface area contributed by atoms with Crippen LogP contribution in [0.5, 0.6) is 0 Å². The zero-order chi connectivity index (χ0) is 15.2. The average molecular weight is 323 g/mol. The van der Waals surface area contributed by atoms with E-state index in [-0.39, 0.29) is 12.5 Å². The smallest absolute Gasteiger partial charge is 0.238 e. The van der Waals surface area contributed by atoms with Crippen molar-refractivity contribution >= 4 is 34.8 Å². The summed E-state index contributed by atoms with van der Waals surface area (Å²) in [5.41, 5.74) is 2.79. The number of rotatable bonds is 5. The van der Waals surface area contributed by atoms with Gasteiger partial charge in [0.25, 0.3) is 0 Å². The Kier molecular flexibility index (Phi) is 5.62. The minimum atomic E-state index is -0.0885. The van der Waals surface area contributed by atoms with E-state index in [1.54, 1.807) is 12.1 Å². The standard InChI is InChI=1S/C16H16Cl2N2O/c1-11-8-14(18)6-7-15(11)20-16(21)10-19-9-12-2-4-13(17)5-3-12/h2-8,19H,9-10H2,1H3,(H,20,21). The van der Waals surface area contributed by atoms with Gasteiger partial charge in [-0.25, -0.2) is 0 Å². The van der Waals surface area contributed by atoms with Gasteiger partial charge in [0.2, 0.25) is 5.91 Å². The first-order valence-corrected chi connectivity index (χ1v) is 7.31. The maximum Gasteiger partial charge on any atom is 0.238 e. The van der Waals surface area contributed by atoms with Crippen LogP contribution in [0.1, 0.15) is 11.1 Å². The molecule has 0 radical (unpaired) electrons. The molecule has 0 bridgehead atoms. The summed E-state index contributed by atoms with van der Waals surface area (Å²) >= 11 is 11.7. The second-order valence-corrected chi connectivity index (χ2v) is 5.61. The molecule has 2 rings (SSSR count). The van der Waals surface area contributed by atoms with Crippen molar-refractivity contribution in [1.82, 2.24) is 5.32 Å². The highest BCUT2D eigenvalue weighted by Gasteiger charge is 2.05. The van der Waals surface area contributed by atoms with Crippen LogP contribution in [-0.4, -0.2) is 12.5 Å². The Hall–Kier alpha value is -1.55. The first-order valence-electron chi connectivity index (χ1n) is 6.56. The quantitative estimate of drug-likeness (QED) is 0.872. The monoisotopic (exact) mass is 322 g/mol. The van der Waals surface area contributed by atoms with Crippen LogP contribution >= 0.6 is 23.2 Å². The predicted octanol–water partition coefficient (Wildman–Crippen LogP) is 4.03. The Morgan fingerprint density at radius 1 is 1.05 bits per heavy atom. The molecule has 110 valence electrons. The van der Waals surface area contributed by atoms with Crippen LogP contribution in [0.15, 0.2) is 42.5 Å². The van der Waals surface area contributed by atoms with Crippen LogP contribution in [0.2, 0.25) is 10.0 Å². The highest BCUT2D eigenvalue weighted by Crippen LogP contribution is 2.19. The van der Waals surface area contributed by atoms with Gasteiger partial charge in [0.05, 0.1) is 6.54 Å². The lowest BCUT2D eigenvalue weighted by Gasteiger charge is -2.09. The third-order valence-electron chi connectivity index (χ3n) is 2.99. The van der Waals surface area contributed by atoms with Crippen molar-refractivity contribution in [2.24, 2.45) is 0 Å². The molecule has 0 aliphatic rings. The van der Waals surface area contributed by atoms with Gasteiger partial charge >= 0.3 is 0 Å². The van der Waals surface area contributed by atoms with E-state index in [1.807, 2.05) is 37.3 Å². The Bertz CT molecular complexity index is 627. The van der Waals surface area contributed by atoms with Gasteiger partial charge < -0.3 is 10.6 Å². The van der Waals surface area contributed by atoms with E-state index in [1.165, 1.54) is 0 Å². The van der Waals surface area contributed by atoms with Crippen molar-refractivity contribution in [2.75, 3.05) is 11.9 Å². The van der Waals surface area contributed by atoms with E-state index in [0.29, 0.717) is 16.6 Å². The average Bonchev–Trinajstić information content (AvgIpc) is 2.44. The van der Waals surface area contributed by atoms with Crippen molar-refractivity contribution in [3.63, 3.8) is 0 Å². The van der Waals surface area contributed by atoms with Crippen molar-refractivity contribution < 1.29 is 4.79 Å². The van der Waals surface area contributed by atoms with Crippen molar-refractivity contribution in [1.29, 1.82) is 0 Å². The van der Waals surface area contributed by atoms with Gasteiger partial charge in [-0.15, -0.1) is 0 Å². The molecular weight excluding hydrogens is 307 g/mol. The zero-order valence-electron chi connectivity index (χ0n) is 11.6. The number of amides is 1. The fourth-order valence-corrected chi connectivity index (χ4v) is 2.24. The lowest BCUT2D eigenvalue weighted by Crippen LogP contribution is -2.27. The van der Waals surface area contributed by atoms with Gasteiger partial charge in [-0.2, -0.15) is 0 Å². The van der Waals surface area contributed by atoms with Gasteiger partial charge in [0.1, 0.15) is 0 Å². The molecule has 0 aromatic heterocycles. The fourth-order valence-electron chi connectivity index (χ4n) is 1.88. The summed E-state index contributed by atoms with van der Waals surface area (Å²) in [6.07, 6.45) is 0. The molecule has 2 N–H and O–H groups in total. The largest absolute Gasteiger partial charge is 0.325 e. The van der Waals surface area contributed by atoms with Crippen LogP contribution in [0.3, 0.4) is 0 Å².